The largest absolute Gasteiger partial charge is 1.00 e. The van der Waals surface area contributed by atoms with E-state index in [1.807, 2.05) is 19.1 Å². The van der Waals surface area contributed by atoms with Crippen LogP contribution < -0.4 is 12.4 Å². The predicted octanol–water partition coefficient (Wildman–Crippen LogP) is 1.42. The number of hydrogen-bond acceptors (Lipinski definition) is 1. The van der Waals surface area contributed by atoms with Gasteiger partial charge in [-0.25, -0.2) is 0 Å². The van der Waals surface area contributed by atoms with Crippen LogP contribution in [-0.2, 0) is 6.54 Å². The van der Waals surface area contributed by atoms with E-state index in [9.17, 15) is 5.11 Å². The lowest BCUT2D eigenvalue weighted by Crippen LogP contribution is -3.00. The highest BCUT2D eigenvalue weighted by Gasteiger charge is 2.47. The van der Waals surface area contributed by atoms with Crippen molar-refractivity contribution in [3.05, 3.63) is 47.0 Å². The Bertz CT molecular complexity index is 537. The standard InChI is InChI=1S/C19H29ClNO.ClH/c1-14(2)16-10-11-19(3,22)18(12-16)21(4,5)13-15-6-8-17(20)9-7-15;/h6-9,16,18,22H,1,10-13H2,2-5H3;1H/q+1;/p-1. The van der Waals surface area contributed by atoms with Gasteiger partial charge in [-0.1, -0.05) is 35.9 Å². The quantitative estimate of drug-likeness (QED) is 0.638. The molecule has 0 spiro atoms. The second-order valence-electron chi connectivity index (χ2n) is 7.75. The van der Waals surface area contributed by atoms with Gasteiger partial charge >= 0.3 is 0 Å². The van der Waals surface area contributed by atoms with Crippen molar-refractivity contribution >= 4 is 11.6 Å². The molecule has 1 aliphatic rings. The maximum Gasteiger partial charge on any atom is 0.118 e. The molecule has 0 bridgehead atoms. The van der Waals surface area contributed by atoms with Crippen LogP contribution >= 0.6 is 11.6 Å². The molecule has 1 aromatic carbocycles. The van der Waals surface area contributed by atoms with Crippen molar-refractivity contribution in [3.8, 4) is 0 Å². The van der Waals surface area contributed by atoms with E-state index >= 15 is 0 Å². The van der Waals surface area contributed by atoms with Crippen molar-refractivity contribution in [2.24, 2.45) is 5.92 Å². The van der Waals surface area contributed by atoms with Crippen LogP contribution in [0.4, 0.5) is 0 Å². The van der Waals surface area contributed by atoms with Crippen molar-refractivity contribution < 1.29 is 22.0 Å². The predicted molar refractivity (Wildman–Crippen MR) is 93.8 cm³/mol. The number of likely N-dealkylation sites (N-methyl/N-ethyl adjacent to an activating group) is 1. The number of halogens is 2. The number of hydrogen-bond donors (Lipinski definition) is 1. The molecule has 3 unspecified atom stereocenters. The second kappa shape index (κ2) is 7.57. The topological polar surface area (TPSA) is 20.2 Å². The molecular weight excluding hydrogens is 329 g/mol. The van der Waals surface area contributed by atoms with Gasteiger partial charge in [0.15, 0.2) is 0 Å². The molecule has 2 rings (SSSR count). The SMILES string of the molecule is C=C(C)C1CCC(C)(O)C([N+](C)(C)Cc2ccc(Cl)cc2)C1.[Cl-]. The minimum Gasteiger partial charge on any atom is -1.00 e. The van der Waals surface area contributed by atoms with E-state index in [0.29, 0.717) is 5.92 Å². The zero-order chi connectivity index (χ0) is 16.5. The molecule has 0 heterocycles. The van der Waals surface area contributed by atoms with E-state index < -0.39 is 5.60 Å². The van der Waals surface area contributed by atoms with Crippen molar-refractivity contribution in [2.45, 2.75) is 51.3 Å². The Kier molecular flexibility index (Phi) is 6.74. The Hall–Kier alpha value is -0.540. The number of allylic oxidation sites excluding steroid dienone is 1. The Morgan fingerprint density at radius 3 is 2.43 bits per heavy atom. The van der Waals surface area contributed by atoms with Gasteiger partial charge in [0.05, 0.1) is 14.1 Å². The van der Waals surface area contributed by atoms with E-state index in [2.05, 4.69) is 39.7 Å². The Labute approximate surface area is 152 Å². The molecule has 0 aliphatic heterocycles. The molecule has 1 N–H and O–H groups in total. The lowest BCUT2D eigenvalue weighted by molar-refractivity contribution is -0.936. The highest BCUT2D eigenvalue weighted by Crippen LogP contribution is 2.40. The van der Waals surface area contributed by atoms with Crippen LogP contribution in [0.15, 0.2) is 36.4 Å². The monoisotopic (exact) mass is 357 g/mol. The fourth-order valence-electron chi connectivity index (χ4n) is 3.93. The fourth-order valence-corrected chi connectivity index (χ4v) is 4.06. The van der Waals surface area contributed by atoms with E-state index in [0.717, 1.165) is 35.3 Å². The smallest absolute Gasteiger partial charge is 0.118 e. The van der Waals surface area contributed by atoms with Gasteiger partial charge in [-0.05, 0) is 44.7 Å². The fraction of sp³-hybridized carbons (Fsp3) is 0.579. The summed E-state index contributed by atoms with van der Waals surface area (Å²) < 4.78 is 0.776. The molecule has 1 saturated carbocycles. The first-order valence-electron chi connectivity index (χ1n) is 8.07. The summed E-state index contributed by atoms with van der Waals surface area (Å²) in [6.45, 7) is 9.13. The van der Waals surface area contributed by atoms with E-state index in [4.69, 9.17) is 11.6 Å². The summed E-state index contributed by atoms with van der Waals surface area (Å²) in [5.74, 6) is 0.521. The van der Waals surface area contributed by atoms with Crippen molar-refractivity contribution in [1.82, 2.24) is 0 Å². The van der Waals surface area contributed by atoms with Crippen LogP contribution in [0.3, 0.4) is 0 Å². The van der Waals surface area contributed by atoms with Crippen LogP contribution in [-0.4, -0.2) is 35.3 Å². The van der Waals surface area contributed by atoms with Gasteiger partial charge in [0, 0.05) is 17.0 Å². The third-order valence-corrected chi connectivity index (χ3v) is 5.52. The third kappa shape index (κ3) is 4.96. The number of rotatable bonds is 4. The summed E-state index contributed by atoms with van der Waals surface area (Å²) >= 11 is 5.98. The Morgan fingerprint density at radius 2 is 1.91 bits per heavy atom. The normalized spacial score (nSPS) is 28.1. The van der Waals surface area contributed by atoms with Gasteiger partial charge < -0.3 is 22.0 Å². The van der Waals surface area contributed by atoms with Crippen molar-refractivity contribution in [3.63, 3.8) is 0 Å². The van der Waals surface area contributed by atoms with Crippen LogP contribution in [0, 0.1) is 5.92 Å². The molecule has 1 aliphatic carbocycles. The minimum absolute atomic E-state index is 0. The van der Waals surface area contributed by atoms with Crippen LogP contribution in [0.5, 0.6) is 0 Å². The first-order valence-corrected chi connectivity index (χ1v) is 8.44. The highest BCUT2D eigenvalue weighted by molar-refractivity contribution is 6.30. The molecule has 130 valence electrons. The number of quaternary nitrogens is 1. The maximum atomic E-state index is 10.9. The van der Waals surface area contributed by atoms with Gasteiger partial charge in [0.2, 0.25) is 0 Å². The maximum absolute atomic E-state index is 10.9. The molecule has 0 aromatic heterocycles. The van der Waals surface area contributed by atoms with Gasteiger partial charge in [0.25, 0.3) is 0 Å². The molecule has 23 heavy (non-hydrogen) atoms. The van der Waals surface area contributed by atoms with Gasteiger partial charge in [-0.15, -0.1) is 0 Å². The Balaban J connectivity index is 0.00000264. The summed E-state index contributed by atoms with van der Waals surface area (Å²) in [6, 6.07) is 8.24. The van der Waals surface area contributed by atoms with Crippen LogP contribution in [0.2, 0.25) is 5.02 Å². The number of benzene rings is 1. The van der Waals surface area contributed by atoms with E-state index in [-0.39, 0.29) is 18.4 Å². The third-order valence-electron chi connectivity index (χ3n) is 5.27. The minimum atomic E-state index is -0.623. The molecule has 3 atom stereocenters. The summed E-state index contributed by atoms with van der Waals surface area (Å²) in [5, 5.41) is 11.7. The van der Waals surface area contributed by atoms with Crippen molar-refractivity contribution in [1.29, 1.82) is 0 Å². The molecule has 0 radical (unpaired) electrons. The molecule has 0 saturated heterocycles. The van der Waals surface area contributed by atoms with Crippen molar-refractivity contribution in [2.75, 3.05) is 14.1 Å². The molecule has 0 amide bonds. The highest BCUT2D eigenvalue weighted by atomic mass is 35.5. The lowest BCUT2D eigenvalue weighted by Gasteiger charge is -2.49. The summed E-state index contributed by atoms with van der Waals surface area (Å²) in [6.07, 6.45) is 2.89. The molecular formula is C19H29Cl2NO. The molecule has 2 nitrogen and oxygen atoms in total. The molecule has 1 fully saturated rings. The first kappa shape index (κ1) is 20.5. The van der Waals surface area contributed by atoms with Crippen LogP contribution in [0.1, 0.15) is 38.7 Å². The number of nitrogens with zero attached hydrogens (tertiary/aromatic N) is 1. The van der Waals surface area contributed by atoms with Gasteiger partial charge in [-0.2, -0.15) is 0 Å². The Morgan fingerprint density at radius 1 is 1.35 bits per heavy atom. The number of aliphatic hydroxyl groups is 1. The van der Waals surface area contributed by atoms with E-state index in [1.165, 1.54) is 11.1 Å². The molecule has 1 aromatic rings. The van der Waals surface area contributed by atoms with E-state index in [1.54, 1.807) is 0 Å². The van der Waals surface area contributed by atoms with Gasteiger partial charge in [-0.3, -0.25) is 0 Å². The zero-order valence-electron chi connectivity index (χ0n) is 14.6. The zero-order valence-corrected chi connectivity index (χ0v) is 16.2. The molecule has 4 heteroatoms. The average molecular weight is 358 g/mol. The van der Waals surface area contributed by atoms with Gasteiger partial charge in [0.1, 0.15) is 18.2 Å². The summed E-state index contributed by atoms with van der Waals surface area (Å²) in [7, 11) is 4.43. The summed E-state index contributed by atoms with van der Waals surface area (Å²) in [4.78, 5) is 0. The van der Waals surface area contributed by atoms with Crippen LogP contribution in [0.25, 0.3) is 0 Å². The first-order chi connectivity index (χ1) is 10.1. The lowest BCUT2D eigenvalue weighted by atomic mass is 9.72. The average Bonchev–Trinajstić information content (AvgIpc) is 2.40. The summed E-state index contributed by atoms with van der Waals surface area (Å²) in [5.41, 5.74) is 1.87. The second-order valence-corrected chi connectivity index (χ2v) is 8.19.